The molecule has 5 heteroatoms. The number of halogens is 2. The number of hydrogen-bond acceptors (Lipinski definition) is 1. The lowest BCUT2D eigenvalue weighted by Crippen LogP contribution is -2.31. The van der Waals surface area contributed by atoms with Gasteiger partial charge in [0.05, 0.1) is 11.7 Å². The van der Waals surface area contributed by atoms with Crippen molar-refractivity contribution in [2.24, 2.45) is 0 Å². The fraction of sp³-hybridized carbons (Fsp3) is 0.188. The van der Waals surface area contributed by atoms with Crippen LogP contribution in [0.3, 0.4) is 0 Å². The van der Waals surface area contributed by atoms with Crippen LogP contribution in [0.2, 0.25) is 5.02 Å². The zero-order valence-corrected chi connectivity index (χ0v) is 14.1. The van der Waals surface area contributed by atoms with Crippen LogP contribution in [0.15, 0.2) is 46.9 Å². The van der Waals surface area contributed by atoms with Gasteiger partial charge in [-0.2, -0.15) is 0 Å². The molecular formula is C16H16BrClN2O. The van der Waals surface area contributed by atoms with Crippen molar-refractivity contribution >= 4 is 39.2 Å². The Kier molecular flexibility index (Phi) is 5.26. The van der Waals surface area contributed by atoms with Crippen molar-refractivity contribution in [3.05, 3.63) is 63.1 Å². The van der Waals surface area contributed by atoms with Crippen molar-refractivity contribution in [1.82, 2.24) is 5.32 Å². The Bertz CT molecular complexity index is 660. The third-order valence-corrected chi connectivity index (χ3v) is 3.96. The molecule has 3 nitrogen and oxygen atoms in total. The van der Waals surface area contributed by atoms with E-state index < -0.39 is 0 Å². The Labute approximate surface area is 137 Å². The lowest BCUT2D eigenvalue weighted by Gasteiger charge is -2.16. The van der Waals surface area contributed by atoms with Crippen LogP contribution in [0.4, 0.5) is 10.5 Å². The molecule has 2 aromatic rings. The van der Waals surface area contributed by atoms with Crippen LogP contribution >= 0.6 is 27.5 Å². The number of hydrogen-bond donors (Lipinski definition) is 2. The summed E-state index contributed by atoms with van der Waals surface area (Å²) in [6, 6.07) is 12.8. The highest BCUT2D eigenvalue weighted by Gasteiger charge is 2.11. The van der Waals surface area contributed by atoms with Crippen molar-refractivity contribution in [3.8, 4) is 0 Å². The number of rotatable bonds is 3. The van der Waals surface area contributed by atoms with E-state index in [0.717, 1.165) is 21.3 Å². The van der Waals surface area contributed by atoms with Gasteiger partial charge in [-0.1, -0.05) is 29.8 Å². The van der Waals surface area contributed by atoms with Gasteiger partial charge >= 0.3 is 6.03 Å². The summed E-state index contributed by atoms with van der Waals surface area (Å²) in [7, 11) is 0. The maximum Gasteiger partial charge on any atom is 0.319 e. The van der Waals surface area contributed by atoms with Gasteiger partial charge in [0.25, 0.3) is 0 Å². The molecule has 2 N–H and O–H groups in total. The molecule has 0 spiro atoms. The van der Waals surface area contributed by atoms with E-state index in [-0.39, 0.29) is 12.1 Å². The quantitative estimate of drug-likeness (QED) is 0.760. The topological polar surface area (TPSA) is 41.1 Å². The van der Waals surface area contributed by atoms with E-state index in [0.29, 0.717) is 5.02 Å². The SMILES string of the molecule is Cc1ccc(NC(=O)NC(C)c2cccc(Cl)c2)c(Br)c1. The van der Waals surface area contributed by atoms with E-state index in [4.69, 9.17) is 11.6 Å². The lowest BCUT2D eigenvalue weighted by molar-refractivity contribution is 0.249. The van der Waals surface area contributed by atoms with E-state index in [2.05, 4.69) is 26.6 Å². The minimum atomic E-state index is -0.257. The number of nitrogens with one attached hydrogen (secondary N) is 2. The van der Waals surface area contributed by atoms with E-state index >= 15 is 0 Å². The summed E-state index contributed by atoms with van der Waals surface area (Å²) in [5.41, 5.74) is 2.82. The maximum absolute atomic E-state index is 12.0. The second-order valence-corrected chi connectivity index (χ2v) is 6.15. The number of anilines is 1. The summed E-state index contributed by atoms with van der Waals surface area (Å²) < 4.78 is 0.855. The van der Waals surface area contributed by atoms with Crippen molar-refractivity contribution in [1.29, 1.82) is 0 Å². The number of carbonyl (C=O) groups is 1. The molecule has 0 aliphatic rings. The first-order valence-corrected chi connectivity index (χ1v) is 7.72. The first-order valence-electron chi connectivity index (χ1n) is 6.55. The van der Waals surface area contributed by atoms with E-state index in [9.17, 15) is 4.79 Å². The Hall–Kier alpha value is -1.52. The van der Waals surface area contributed by atoms with Crippen LogP contribution < -0.4 is 10.6 Å². The molecule has 110 valence electrons. The molecule has 0 bridgehead atoms. The molecule has 0 aliphatic heterocycles. The summed E-state index contributed by atoms with van der Waals surface area (Å²) in [6.45, 7) is 3.91. The van der Waals surface area contributed by atoms with Crippen LogP contribution in [-0.4, -0.2) is 6.03 Å². The van der Waals surface area contributed by atoms with Gasteiger partial charge in [-0.3, -0.25) is 0 Å². The number of aryl methyl sites for hydroxylation is 1. The Balaban J connectivity index is 2.01. The standard InChI is InChI=1S/C16H16BrClN2O/c1-10-6-7-15(14(17)8-10)20-16(21)19-11(2)12-4-3-5-13(18)9-12/h3-9,11H,1-2H3,(H2,19,20,21). The lowest BCUT2D eigenvalue weighted by atomic mass is 10.1. The van der Waals surface area contributed by atoms with Gasteiger partial charge in [-0.15, -0.1) is 0 Å². The first-order chi connectivity index (χ1) is 9.95. The van der Waals surface area contributed by atoms with Gasteiger partial charge in [0, 0.05) is 9.50 Å². The molecule has 0 aliphatic carbocycles. The molecule has 0 fully saturated rings. The Morgan fingerprint density at radius 2 is 2.00 bits per heavy atom. The second-order valence-electron chi connectivity index (χ2n) is 4.86. The molecule has 0 saturated heterocycles. The number of benzene rings is 2. The number of amides is 2. The van der Waals surface area contributed by atoms with E-state index in [1.165, 1.54) is 0 Å². The van der Waals surface area contributed by atoms with Crippen LogP contribution in [0.1, 0.15) is 24.1 Å². The zero-order chi connectivity index (χ0) is 15.4. The fourth-order valence-electron chi connectivity index (χ4n) is 1.94. The van der Waals surface area contributed by atoms with Crippen LogP contribution in [-0.2, 0) is 0 Å². The third-order valence-electron chi connectivity index (χ3n) is 3.07. The van der Waals surface area contributed by atoms with Crippen molar-refractivity contribution in [2.45, 2.75) is 19.9 Å². The fourth-order valence-corrected chi connectivity index (χ4v) is 2.73. The van der Waals surface area contributed by atoms with Gasteiger partial charge in [-0.25, -0.2) is 4.79 Å². The highest BCUT2D eigenvalue weighted by molar-refractivity contribution is 9.10. The highest BCUT2D eigenvalue weighted by atomic mass is 79.9. The van der Waals surface area contributed by atoms with Gasteiger partial charge in [0.1, 0.15) is 0 Å². The Morgan fingerprint density at radius 3 is 2.67 bits per heavy atom. The minimum Gasteiger partial charge on any atom is -0.331 e. The predicted octanol–water partition coefficient (Wildman–Crippen LogP) is 5.29. The van der Waals surface area contributed by atoms with Crippen LogP contribution in [0.25, 0.3) is 0 Å². The summed E-state index contributed by atoms with van der Waals surface area (Å²) >= 11 is 9.39. The van der Waals surface area contributed by atoms with Crippen LogP contribution in [0.5, 0.6) is 0 Å². The van der Waals surface area contributed by atoms with Gasteiger partial charge < -0.3 is 10.6 Å². The monoisotopic (exact) mass is 366 g/mol. The summed E-state index contributed by atoms with van der Waals surface area (Å²) in [6.07, 6.45) is 0. The normalized spacial score (nSPS) is 11.8. The summed E-state index contributed by atoms with van der Waals surface area (Å²) in [4.78, 5) is 12.0. The highest BCUT2D eigenvalue weighted by Crippen LogP contribution is 2.23. The predicted molar refractivity (Wildman–Crippen MR) is 90.9 cm³/mol. The van der Waals surface area contributed by atoms with Crippen molar-refractivity contribution < 1.29 is 4.79 Å². The van der Waals surface area contributed by atoms with Gasteiger partial charge in [0.2, 0.25) is 0 Å². The van der Waals surface area contributed by atoms with E-state index in [1.807, 2.05) is 50.2 Å². The maximum atomic E-state index is 12.0. The molecule has 0 saturated carbocycles. The largest absolute Gasteiger partial charge is 0.331 e. The second kappa shape index (κ2) is 6.96. The summed E-state index contributed by atoms with van der Waals surface area (Å²) in [5, 5.41) is 6.36. The van der Waals surface area contributed by atoms with Crippen LogP contribution in [0, 0.1) is 6.92 Å². The van der Waals surface area contributed by atoms with E-state index in [1.54, 1.807) is 6.07 Å². The first kappa shape index (κ1) is 15.9. The summed E-state index contributed by atoms with van der Waals surface area (Å²) in [5.74, 6) is 0. The molecule has 2 rings (SSSR count). The molecule has 0 heterocycles. The molecule has 21 heavy (non-hydrogen) atoms. The van der Waals surface area contributed by atoms with Gasteiger partial charge in [-0.05, 0) is 65.2 Å². The minimum absolute atomic E-state index is 0.132. The molecule has 2 aromatic carbocycles. The third kappa shape index (κ3) is 4.48. The van der Waals surface area contributed by atoms with Crippen molar-refractivity contribution in [3.63, 3.8) is 0 Å². The molecule has 0 radical (unpaired) electrons. The number of carbonyl (C=O) groups excluding carboxylic acids is 1. The molecule has 1 atom stereocenters. The molecular weight excluding hydrogens is 352 g/mol. The molecule has 2 amide bonds. The smallest absolute Gasteiger partial charge is 0.319 e. The van der Waals surface area contributed by atoms with Crippen molar-refractivity contribution in [2.75, 3.05) is 5.32 Å². The number of urea groups is 1. The Morgan fingerprint density at radius 1 is 1.24 bits per heavy atom. The molecule has 1 unspecified atom stereocenters. The average molecular weight is 368 g/mol. The van der Waals surface area contributed by atoms with Gasteiger partial charge in [0.15, 0.2) is 0 Å². The average Bonchev–Trinajstić information content (AvgIpc) is 2.42. The molecule has 0 aromatic heterocycles. The zero-order valence-electron chi connectivity index (χ0n) is 11.8.